The zero-order chi connectivity index (χ0) is 13.8. The molecule has 2 rings (SSSR count). The van der Waals surface area contributed by atoms with Crippen LogP contribution < -0.4 is 4.74 Å². The van der Waals surface area contributed by atoms with Crippen molar-refractivity contribution in [3.05, 3.63) is 44.9 Å². The first-order valence-corrected chi connectivity index (χ1v) is 7.39. The molecule has 0 bridgehead atoms. The Bertz CT molecular complexity index is 554. The molecule has 102 valence electrons. The van der Waals surface area contributed by atoms with E-state index in [1.54, 1.807) is 36.5 Å². The van der Waals surface area contributed by atoms with E-state index in [0.29, 0.717) is 22.9 Å². The molecule has 0 aliphatic carbocycles. The second-order valence-electron chi connectivity index (χ2n) is 4.23. The van der Waals surface area contributed by atoms with Crippen LogP contribution in [0.2, 0.25) is 5.02 Å². The van der Waals surface area contributed by atoms with E-state index in [9.17, 15) is 5.11 Å². The van der Waals surface area contributed by atoms with Crippen molar-refractivity contribution >= 4 is 22.9 Å². The first kappa shape index (κ1) is 14.3. The molecule has 5 heteroatoms. The van der Waals surface area contributed by atoms with Gasteiger partial charge in [-0.1, -0.05) is 18.5 Å². The number of hydrogen-bond acceptors (Lipinski definition) is 4. The molecule has 1 atom stereocenters. The summed E-state index contributed by atoms with van der Waals surface area (Å²) < 4.78 is 5.72. The molecular weight excluding hydrogens is 282 g/mol. The van der Waals surface area contributed by atoms with Gasteiger partial charge in [0, 0.05) is 16.0 Å². The van der Waals surface area contributed by atoms with Crippen molar-refractivity contribution in [3.63, 3.8) is 0 Å². The number of aliphatic hydroxyl groups is 1. The number of halogens is 1. The fraction of sp³-hybridized carbons (Fsp3) is 0.357. The predicted molar refractivity (Wildman–Crippen MR) is 77.9 cm³/mol. The molecule has 0 aliphatic rings. The van der Waals surface area contributed by atoms with Crippen LogP contribution in [0.15, 0.2) is 23.6 Å². The molecule has 0 fully saturated rings. The molecule has 1 heterocycles. The van der Waals surface area contributed by atoms with E-state index >= 15 is 0 Å². The molecule has 1 aromatic carbocycles. The van der Waals surface area contributed by atoms with Gasteiger partial charge in [0.15, 0.2) is 0 Å². The summed E-state index contributed by atoms with van der Waals surface area (Å²) in [7, 11) is 0. The molecule has 1 N–H and O–H groups in total. The van der Waals surface area contributed by atoms with Gasteiger partial charge < -0.3 is 9.84 Å². The lowest BCUT2D eigenvalue weighted by Gasteiger charge is -2.13. The van der Waals surface area contributed by atoms with Crippen molar-refractivity contribution in [2.24, 2.45) is 0 Å². The Morgan fingerprint density at radius 1 is 1.47 bits per heavy atom. The van der Waals surface area contributed by atoms with Crippen LogP contribution in [0.3, 0.4) is 0 Å². The zero-order valence-corrected chi connectivity index (χ0v) is 12.5. The molecule has 0 aliphatic heterocycles. The lowest BCUT2D eigenvalue weighted by molar-refractivity contribution is 0.190. The van der Waals surface area contributed by atoms with Gasteiger partial charge >= 0.3 is 0 Å². The fourth-order valence-corrected chi connectivity index (χ4v) is 2.62. The maximum Gasteiger partial charge on any atom is 0.131 e. The number of aromatic nitrogens is 1. The van der Waals surface area contributed by atoms with Gasteiger partial charge in [-0.25, -0.2) is 4.98 Å². The third-order valence-electron chi connectivity index (χ3n) is 2.70. The van der Waals surface area contributed by atoms with Gasteiger partial charge in [-0.15, -0.1) is 11.3 Å². The molecule has 1 aromatic heterocycles. The van der Waals surface area contributed by atoms with E-state index < -0.39 is 6.10 Å². The van der Waals surface area contributed by atoms with Crippen molar-refractivity contribution in [2.75, 3.05) is 0 Å². The molecular formula is C14H16ClNO2S. The molecule has 19 heavy (non-hydrogen) atoms. The second kappa shape index (κ2) is 6.37. The normalized spacial score (nSPS) is 12.4. The molecule has 0 spiro atoms. The molecule has 3 nitrogen and oxygen atoms in total. The topological polar surface area (TPSA) is 42.4 Å². The van der Waals surface area contributed by atoms with Crippen LogP contribution >= 0.6 is 22.9 Å². The zero-order valence-electron chi connectivity index (χ0n) is 10.9. The van der Waals surface area contributed by atoms with Gasteiger partial charge in [-0.2, -0.15) is 0 Å². The Hall–Kier alpha value is -1.10. The van der Waals surface area contributed by atoms with Gasteiger partial charge in [-0.3, -0.25) is 0 Å². The molecule has 0 amide bonds. The number of rotatable bonds is 5. The molecule has 0 radical (unpaired) electrons. The maximum absolute atomic E-state index is 9.72. The quantitative estimate of drug-likeness (QED) is 0.907. The van der Waals surface area contributed by atoms with E-state index in [2.05, 4.69) is 11.9 Å². The number of aliphatic hydroxyl groups excluding tert-OH is 1. The van der Waals surface area contributed by atoms with E-state index in [1.165, 1.54) is 0 Å². The Labute approximate surface area is 121 Å². The van der Waals surface area contributed by atoms with Crippen LogP contribution in [0.1, 0.15) is 36.2 Å². The SMILES string of the molecule is CCc1nc(COc2ccc(Cl)cc2[C@@H](C)O)cs1. The highest BCUT2D eigenvalue weighted by Gasteiger charge is 2.11. The molecule has 0 saturated carbocycles. The minimum atomic E-state index is -0.615. The maximum atomic E-state index is 9.72. The Morgan fingerprint density at radius 2 is 2.26 bits per heavy atom. The number of hydrogen-bond donors (Lipinski definition) is 1. The van der Waals surface area contributed by atoms with Crippen LogP contribution in [-0.2, 0) is 13.0 Å². The van der Waals surface area contributed by atoms with E-state index in [0.717, 1.165) is 17.1 Å². The standard InChI is InChI=1S/C14H16ClNO2S/c1-3-14-16-11(8-19-14)7-18-13-5-4-10(15)6-12(13)9(2)17/h4-6,8-9,17H,3,7H2,1-2H3/t9-/m1/s1. The van der Waals surface area contributed by atoms with E-state index in [-0.39, 0.29) is 0 Å². The van der Waals surface area contributed by atoms with Crippen LogP contribution in [-0.4, -0.2) is 10.1 Å². The highest BCUT2D eigenvalue weighted by Crippen LogP contribution is 2.29. The fourth-order valence-electron chi connectivity index (χ4n) is 1.71. The van der Waals surface area contributed by atoms with Crippen molar-refractivity contribution < 1.29 is 9.84 Å². The highest BCUT2D eigenvalue weighted by molar-refractivity contribution is 7.09. The first-order valence-electron chi connectivity index (χ1n) is 6.13. The Kier molecular flexibility index (Phi) is 4.80. The lowest BCUT2D eigenvalue weighted by Crippen LogP contribution is -2.01. The highest BCUT2D eigenvalue weighted by atomic mass is 35.5. The minimum Gasteiger partial charge on any atom is -0.487 e. The largest absolute Gasteiger partial charge is 0.487 e. The van der Waals surface area contributed by atoms with Crippen molar-refractivity contribution in [1.82, 2.24) is 4.98 Å². The molecule has 0 unspecified atom stereocenters. The average Bonchev–Trinajstić information content (AvgIpc) is 2.85. The summed E-state index contributed by atoms with van der Waals surface area (Å²) in [5.41, 5.74) is 1.60. The summed E-state index contributed by atoms with van der Waals surface area (Å²) in [6, 6.07) is 5.25. The number of ether oxygens (including phenoxy) is 1. The monoisotopic (exact) mass is 297 g/mol. The van der Waals surface area contributed by atoms with E-state index in [1.807, 2.05) is 5.38 Å². The van der Waals surface area contributed by atoms with Crippen LogP contribution in [0.4, 0.5) is 0 Å². The minimum absolute atomic E-state index is 0.401. The van der Waals surface area contributed by atoms with E-state index in [4.69, 9.17) is 16.3 Å². The second-order valence-corrected chi connectivity index (χ2v) is 5.61. The summed E-state index contributed by atoms with van der Waals surface area (Å²) in [5, 5.41) is 13.4. The summed E-state index contributed by atoms with van der Waals surface area (Å²) in [4.78, 5) is 4.44. The van der Waals surface area contributed by atoms with Crippen LogP contribution in [0.25, 0.3) is 0 Å². The van der Waals surface area contributed by atoms with Gasteiger partial charge in [0.1, 0.15) is 12.4 Å². The predicted octanol–water partition coefficient (Wildman–Crippen LogP) is 3.99. The summed E-state index contributed by atoms with van der Waals surface area (Å²) >= 11 is 7.56. The van der Waals surface area contributed by atoms with Crippen LogP contribution in [0.5, 0.6) is 5.75 Å². The Morgan fingerprint density at radius 3 is 2.89 bits per heavy atom. The first-order chi connectivity index (χ1) is 9.10. The van der Waals surface area contributed by atoms with Gasteiger partial charge in [0.05, 0.1) is 16.8 Å². The number of nitrogens with zero attached hydrogens (tertiary/aromatic N) is 1. The molecule has 0 saturated heterocycles. The summed E-state index contributed by atoms with van der Waals surface area (Å²) in [5.74, 6) is 0.644. The van der Waals surface area contributed by atoms with Crippen molar-refractivity contribution in [2.45, 2.75) is 33.0 Å². The third-order valence-corrected chi connectivity index (χ3v) is 3.98. The number of benzene rings is 1. The van der Waals surface area contributed by atoms with Crippen LogP contribution in [0, 0.1) is 0 Å². The Balaban J connectivity index is 2.10. The number of thiazole rings is 1. The van der Waals surface area contributed by atoms with Gasteiger partial charge in [0.25, 0.3) is 0 Å². The van der Waals surface area contributed by atoms with Gasteiger partial charge in [-0.05, 0) is 31.5 Å². The smallest absolute Gasteiger partial charge is 0.131 e. The average molecular weight is 298 g/mol. The summed E-state index contributed by atoms with van der Waals surface area (Å²) in [6.07, 6.45) is 0.320. The van der Waals surface area contributed by atoms with Crippen molar-refractivity contribution in [3.8, 4) is 5.75 Å². The van der Waals surface area contributed by atoms with Crippen molar-refractivity contribution in [1.29, 1.82) is 0 Å². The van der Waals surface area contributed by atoms with Gasteiger partial charge in [0.2, 0.25) is 0 Å². The number of aryl methyl sites for hydroxylation is 1. The third kappa shape index (κ3) is 3.69. The lowest BCUT2D eigenvalue weighted by atomic mass is 10.1. The summed E-state index contributed by atoms with van der Waals surface area (Å²) in [6.45, 7) is 4.17. The molecule has 2 aromatic rings.